The van der Waals surface area contributed by atoms with Crippen molar-refractivity contribution in [3.05, 3.63) is 40.4 Å². The molecule has 0 atom stereocenters. The number of nitrogens with zero attached hydrogens (tertiary/aromatic N) is 1. The van der Waals surface area contributed by atoms with Gasteiger partial charge in [0.15, 0.2) is 0 Å². The Labute approximate surface area is 69.1 Å². The molecule has 0 aliphatic rings. The van der Waals surface area contributed by atoms with Crippen molar-refractivity contribution < 1.29 is 0 Å². The Bertz CT molecular complexity index is 473. The number of hydrogen-bond donors (Lipinski definition) is 1. The third-order valence-corrected chi connectivity index (χ3v) is 1.87. The molecule has 3 nitrogen and oxygen atoms in total. The molecule has 0 aliphatic heterocycles. The van der Waals surface area contributed by atoms with Crippen LogP contribution in [-0.2, 0) is 0 Å². The van der Waals surface area contributed by atoms with E-state index >= 15 is 0 Å². The Morgan fingerprint density at radius 2 is 2.33 bits per heavy atom. The summed E-state index contributed by atoms with van der Waals surface area (Å²) < 4.78 is 0. The highest BCUT2D eigenvalue weighted by molar-refractivity contribution is 5.80. The van der Waals surface area contributed by atoms with Crippen LogP contribution in [0.2, 0.25) is 0 Å². The second-order valence-corrected chi connectivity index (χ2v) is 2.70. The van der Waals surface area contributed by atoms with E-state index < -0.39 is 0 Å². The second kappa shape index (κ2) is 2.44. The zero-order valence-electron chi connectivity index (χ0n) is 6.66. The average Bonchev–Trinajstić information content (AvgIpc) is 2.12. The zero-order chi connectivity index (χ0) is 8.55. The zero-order valence-corrected chi connectivity index (χ0v) is 6.66. The van der Waals surface area contributed by atoms with Gasteiger partial charge in [-0.15, -0.1) is 0 Å². The summed E-state index contributed by atoms with van der Waals surface area (Å²) in [6.07, 6.45) is 3.32. The molecule has 0 saturated carbocycles. The molecule has 0 radical (unpaired) electrons. The van der Waals surface area contributed by atoms with Crippen molar-refractivity contribution in [3.63, 3.8) is 0 Å². The number of fused-ring (bicyclic) bond motifs is 1. The number of pyridine rings is 2. The lowest BCUT2D eigenvalue weighted by Gasteiger charge is -1.97. The minimum absolute atomic E-state index is 0.129. The molecule has 0 aromatic carbocycles. The number of aromatic nitrogens is 2. The molecular formula is C9H8N2O. The van der Waals surface area contributed by atoms with Crippen LogP contribution in [0.4, 0.5) is 0 Å². The first kappa shape index (κ1) is 7.03. The standard InChI is InChI=1S/C9H8N2O/c1-6-5-11-9(12)8-7(6)3-2-4-10-8/h2-5H,1H3,(H,11,12). The fourth-order valence-corrected chi connectivity index (χ4v) is 1.22. The van der Waals surface area contributed by atoms with Crippen molar-refractivity contribution in [3.8, 4) is 0 Å². The second-order valence-electron chi connectivity index (χ2n) is 2.70. The van der Waals surface area contributed by atoms with Crippen LogP contribution in [0.3, 0.4) is 0 Å². The van der Waals surface area contributed by atoms with Gasteiger partial charge in [-0.2, -0.15) is 0 Å². The third-order valence-electron chi connectivity index (χ3n) is 1.87. The van der Waals surface area contributed by atoms with Crippen molar-refractivity contribution in [1.29, 1.82) is 0 Å². The molecule has 2 aromatic heterocycles. The number of nitrogens with one attached hydrogen (secondary N) is 1. The van der Waals surface area contributed by atoms with E-state index in [0.29, 0.717) is 5.52 Å². The molecule has 2 aromatic rings. The highest BCUT2D eigenvalue weighted by Gasteiger charge is 1.99. The molecule has 1 N–H and O–H groups in total. The lowest BCUT2D eigenvalue weighted by molar-refractivity contribution is 1.21. The molecule has 2 rings (SSSR count). The summed E-state index contributed by atoms with van der Waals surface area (Å²) >= 11 is 0. The minimum Gasteiger partial charge on any atom is -0.327 e. The van der Waals surface area contributed by atoms with E-state index in [2.05, 4.69) is 9.97 Å². The van der Waals surface area contributed by atoms with Gasteiger partial charge in [0.2, 0.25) is 0 Å². The highest BCUT2D eigenvalue weighted by atomic mass is 16.1. The van der Waals surface area contributed by atoms with Gasteiger partial charge in [0.25, 0.3) is 5.56 Å². The van der Waals surface area contributed by atoms with Crippen molar-refractivity contribution in [2.75, 3.05) is 0 Å². The van der Waals surface area contributed by atoms with Crippen molar-refractivity contribution in [2.24, 2.45) is 0 Å². The lowest BCUT2D eigenvalue weighted by Crippen LogP contribution is -2.07. The van der Waals surface area contributed by atoms with Crippen LogP contribution in [0.25, 0.3) is 10.9 Å². The molecule has 0 saturated heterocycles. The minimum atomic E-state index is -0.129. The molecule has 60 valence electrons. The van der Waals surface area contributed by atoms with Gasteiger partial charge in [-0.1, -0.05) is 6.07 Å². The molecular weight excluding hydrogens is 152 g/mol. The van der Waals surface area contributed by atoms with E-state index in [4.69, 9.17) is 0 Å². The molecule has 0 unspecified atom stereocenters. The largest absolute Gasteiger partial charge is 0.327 e. The van der Waals surface area contributed by atoms with Crippen molar-refractivity contribution in [2.45, 2.75) is 6.92 Å². The van der Waals surface area contributed by atoms with Crippen LogP contribution in [0.15, 0.2) is 29.3 Å². The quantitative estimate of drug-likeness (QED) is 0.630. The van der Waals surface area contributed by atoms with Gasteiger partial charge in [-0.25, -0.2) is 0 Å². The molecule has 2 heterocycles. The summed E-state index contributed by atoms with van der Waals surface area (Å²) in [5.41, 5.74) is 1.42. The monoisotopic (exact) mass is 160 g/mol. The van der Waals surface area contributed by atoms with Crippen molar-refractivity contribution in [1.82, 2.24) is 9.97 Å². The molecule has 0 bridgehead atoms. The lowest BCUT2D eigenvalue weighted by atomic mass is 10.2. The Balaban J connectivity index is 3.05. The van der Waals surface area contributed by atoms with Gasteiger partial charge in [0, 0.05) is 17.8 Å². The first-order chi connectivity index (χ1) is 5.79. The first-order valence-electron chi connectivity index (χ1n) is 3.72. The number of aryl methyl sites for hydroxylation is 1. The molecule has 0 spiro atoms. The van der Waals surface area contributed by atoms with E-state index in [1.54, 1.807) is 12.4 Å². The fourth-order valence-electron chi connectivity index (χ4n) is 1.22. The van der Waals surface area contributed by atoms with Crippen LogP contribution in [0.5, 0.6) is 0 Å². The average molecular weight is 160 g/mol. The summed E-state index contributed by atoms with van der Waals surface area (Å²) in [6.45, 7) is 1.94. The van der Waals surface area contributed by atoms with E-state index in [1.807, 2.05) is 19.1 Å². The Hall–Kier alpha value is -1.64. The third kappa shape index (κ3) is 0.906. The van der Waals surface area contributed by atoms with E-state index in [0.717, 1.165) is 10.9 Å². The van der Waals surface area contributed by atoms with E-state index in [-0.39, 0.29) is 5.56 Å². The molecule has 0 aliphatic carbocycles. The summed E-state index contributed by atoms with van der Waals surface area (Å²) in [6, 6.07) is 3.72. The van der Waals surface area contributed by atoms with Gasteiger partial charge in [-0.05, 0) is 18.6 Å². The van der Waals surface area contributed by atoms with Crippen LogP contribution in [0, 0.1) is 6.92 Å². The van der Waals surface area contributed by atoms with Gasteiger partial charge < -0.3 is 4.98 Å². The predicted octanol–water partition coefficient (Wildman–Crippen LogP) is 1.23. The Kier molecular flexibility index (Phi) is 1.43. The highest BCUT2D eigenvalue weighted by Crippen LogP contribution is 2.09. The van der Waals surface area contributed by atoms with Gasteiger partial charge >= 0.3 is 0 Å². The summed E-state index contributed by atoms with van der Waals surface area (Å²) in [7, 11) is 0. The number of H-pyrrole nitrogens is 1. The Morgan fingerprint density at radius 3 is 3.08 bits per heavy atom. The van der Waals surface area contributed by atoms with E-state index in [1.165, 1.54) is 0 Å². The molecule has 12 heavy (non-hydrogen) atoms. The smallest absolute Gasteiger partial charge is 0.274 e. The maximum Gasteiger partial charge on any atom is 0.274 e. The topological polar surface area (TPSA) is 45.8 Å². The number of rotatable bonds is 0. The number of hydrogen-bond acceptors (Lipinski definition) is 2. The molecule has 3 heteroatoms. The van der Waals surface area contributed by atoms with Crippen LogP contribution < -0.4 is 5.56 Å². The predicted molar refractivity (Wildman–Crippen MR) is 47.1 cm³/mol. The van der Waals surface area contributed by atoms with Crippen molar-refractivity contribution >= 4 is 10.9 Å². The first-order valence-corrected chi connectivity index (χ1v) is 3.72. The summed E-state index contributed by atoms with van der Waals surface area (Å²) in [5.74, 6) is 0. The SMILES string of the molecule is Cc1c[nH]c(=O)c2ncccc12. The Morgan fingerprint density at radius 1 is 1.50 bits per heavy atom. The van der Waals surface area contributed by atoms with Gasteiger partial charge in [-0.3, -0.25) is 9.78 Å². The fraction of sp³-hybridized carbons (Fsp3) is 0.111. The molecule has 0 amide bonds. The van der Waals surface area contributed by atoms with Gasteiger partial charge in [0.05, 0.1) is 0 Å². The normalized spacial score (nSPS) is 10.4. The van der Waals surface area contributed by atoms with Crippen LogP contribution in [-0.4, -0.2) is 9.97 Å². The molecule has 0 fully saturated rings. The van der Waals surface area contributed by atoms with E-state index in [9.17, 15) is 4.79 Å². The summed E-state index contributed by atoms with van der Waals surface area (Å²) in [4.78, 5) is 17.8. The van der Waals surface area contributed by atoms with Crippen LogP contribution >= 0.6 is 0 Å². The maximum absolute atomic E-state index is 11.2. The number of aromatic amines is 1. The summed E-state index contributed by atoms with van der Waals surface area (Å²) in [5, 5.41) is 0.918. The van der Waals surface area contributed by atoms with Crippen LogP contribution in [0.1, 0.15) is 5.56 Å². The maximum atomic E-state index is 11.2. The van der Waals surface area contributed by atoms with Gasteiger partial charge in [0.1, 0.15) is 5.52 Å².